The summed E-state index contributed by atoms with van der Waals surface area (Å²) in [6.45, 7) is 5.09. The number of hydrogen-bond donors (Lipinski definition) is 1. The molecule has 3 fully saturated rings. The molecule has 30 heavy (non-hydrogen) atoms. The number of aliphatic hydroxyl groups excluding tert-OH is 1. The van der Waals surface area contributed by atoms with Crippen molar-refractivity contribution < 1.29 is 14.6 Å². The molecule has 3 saturated carbocycles. The van der Waals surface area contributed by atoms with Crippen LogP contribution in [0.3, 0.4) is 0 Å². The Kier molecular flexibility index (Phi) is 4.84. The van der Waals surface area contributed by atoms with Crippen molar-refractivity contribution in [3.05, 3.63) is 23.5 Å². The fourth-order valence-corrected chi connectivity index (χ4v) is 7.87. The van der Waals surface area contributed by atoms with Crippen LogP contribution in [-0.4, -0.2) is 39.3 Å². The first-order chi connectivity index (χ1) is 14.3. The lowest BCUT2D eigenvalue weighted by Gasteiger charge is -2.58. The molecule has 0 aromatic carbocycles. The van der Waals surface area contributed by atoms with Crippen molar-refractivity contribution in [1.82, 2.24) is 15.0 Å². The second kappa shape index (κ2) is 7.18. The molecule has 7 atom stereocenters. The van der Waals surface area contributed by atoms with Gasteiger partial charge in [-0.2, -0.15) is 0 Å². The van der Waals surface area contributed by atoms with Gasteiger partial charge in [0.05, 0.1) is 18.9 Å². The molecule has 0 saturated heterocycles. The molecule has 4 aliphatic carbocycles. The van der Waals surface area contributed by atoms with E-state index in [0.29, 0.717) is 11.8 Å². The van der Waals surface area contributed by atoms with E-state index in [9.17, 15) is 9.90 Å². The lowest BCUT2D eigenvalue weighted by Crippen LogP contribution is -2.50. The van der Waals surface area contributed by atoms with E-state index in [-0.39, 0.29) is 29.4 Å². The van der Waals surface area contributed by atoms with Crippen molar-refractivity contribution in [3.63, 3.8) is 0 Å². The van der Waals surface area contributed by atoms with Crippen LogP contribution in [0.15, 0.2) is 17.8 Å². The number of methoxy groups -OCH3 is 1. The zero-order chi connectivity index (χ0) is 21.1. The van der Waals surface area contributed by atoms with Crippen LogP contribution in [0.25, 0.3) is 0 Å². The Bertz CT molecular complexity index is 864. The van der Waals surface area contributed by atoms with Crippen molar-refractivity contribution in [2.24, 2.45) is 28.6 Å². The molecule has 6 nitrogen and oxygen atoms in total. The molecule has 0 spiro atoms. The first kappa shape index (κ1) is 20.2. The van der Waals surface area contributed by atoms with Crippen molar-refractivity contribution >= 4 is 5.97 Å². The number of carbonyl (C=O) groups excluding carboxylic acids is 1. The lowest BCUT2D eigenvalue weighted by atomic mass is 9.47. The Balaban J connectivity index is 1.39. The van der Waals surface area contributed by atoms with Crippen LogP contribution in [-0.2, 0) is 16.1 Å². The Hall–Kier alpha value is -1.69. The maximum atomic E-state index is 11.6. The van der Waals surface area contributed by atoms with E-state index in [1.54, 1.807) is 4.68 Å². The van der Waals surface area contributed by atoms with E-state index in [4.69, 9.17) is 4.74 Å². The molecular weight excluding hydrogens is 378 g/mol. The Morgan fingerprint density at radius 1 is 1.23 bits per heavy atom. The minimum atomic E-state index is -0.293. The summed E-state index contributed by atoms with van der Waals surface area (Å²) in [6, 6.07) is 0. The normalized spacial score (nSPS) is 42.7. The fraction of sp³-hybridized carbons (Fsp3) is 0.792. The predicted octanol–water partition coefficient (Wildman–Crippen LogP) is 3.86. The highest BCUT2D eigenvalue weighted by Crippen LogP contribution is 2.67. The third kappa shape index (κ3) is 2.97. The molecule has 0 radical (unpaired) electrons. The van der Waals surface area contributed by atoms with Crippen molar-refractivity contribution in [3.8, 4) is 0 Å². The summed E-state index contributed by atoms with van der Waals surface area (Å²) in [5, 5.41) is 18.9. The van der Waals surface area contributed by atoms with Crippen LogP contribution in [0.2, 0.25) is 0 Å². The minimum Gasteiger partial charge on any atom is -0.468 e. The van der Waals surface area contributed by atoms with Crippen molar-refractivity contribution in [2.75, 3.05) is 7.11 Å². The van der Waals surface area contributed by atoms with Crippen LogP contribution >= 0.6 is 0 Å². The molecule has 0 amide bonds. The van der Waals surface area contributed by atoms with Gasteiger partial charge >= 0.3 is 5.97 Å². The molecule has 4 aliphatic rings. The molecule has 0 aliphatic heterocycles. The smallest absolute Gasteiger partial charge is 0.327 e. The molecule has 6 heteroatoms. The van der Waals surface area contributed by atoms with Crippen molar-refractivity contribution in [2.45, 2.75) is 83.8 Å². The van der Waals surface area contributed by atoms with Gasteiger partial charge in [0, 0.05) is 12.1 Å². The summed E-state index contributed by atoms with van der Waals surface area (Å²) < 4.78 is 6.38. The summed E-state index contributed by atoms with van der Waals surface area (Å²) in [4.78, 5) is 11.6. The number of aromatic nitrogens is 3. The van der Waals surface area contributed by atoms with Crippen LogP contribution in [0.4, 0.5) is 0 Å². The first-order valence-corrected chi connectivity index (χ1v) is 11.7. The van der Waals surface area contributed by atoms with E-state index >= 15 is 0 Å². The molecule has 1 aromatic rings. The molecule has 1 heterocycles. The number of fused-ring (bicyclic) bond motifs is 5. The monoisotopic (exact) mass is 413 g/mol. The summed E-state index contributed by atoms with van der Waals surface area (Å²) in [5.74, 6) is 2.33. The van der Waals surface area contributed by atoms with Gasteiger partial charge in [-0.25, -0.2) is 4.68 Å². The summed E-state index contributed by atoms with van der Waals surface area (Å²) in [7, 11) is 1.40. The maximum absolute atomic E-state index is 11.6. The zero-order valence-electron chi connectivity index (χ0n) is 18.5. The maximum Gasteiger partial charge on any atom is 0.327 e. The third-order valence-corrected chi connectivity index (χ3v) is 9.51. The molecule has 0 bridgehead atoms. The van der Waals surface area contributed by atoms with Crippen LogP contribution in [0, 0.1) is 28.6 Å². The SMILES string of the molecule is COC(=O)Cn1cc([C@H]2CCC3C4CC=C5C[C@@H](O)CC[C@]5(C)C4CC[C@@]32C)nn1. The Labute approximate surface area is 179 Å². The van der Waals surface area contributed by atoms with Crippen molar-refractivity contribution in [1.29, 1.82) is 0 Å². The van der Waals surface area contributed by atoms with Crippen LogP contribution < -0.4 is 0 Å². The van der Waals surface area contributed by atoms with Gasteiger partial charge in [0.15, 0.2) is 0 Å². The van der Waals surface area contributed by atoms with Gasteiger partial charge in [-0.1, -0.05) is 30.7 Å². The highest BCUT2D eigenvalue weighted by molar-refractivity contribution is 5.68. The first-order valence-electron chi connectivity index (χ1n) is 11.7. The van der Waals surface area contributed by atoms with Crippen LogP contribution in [0.1, 0.15) is 76.8 Å². The molecule has 5 rings (SSSR count). The molecule has 1 aromatic heterocycles. The quantitative estimate of drug-likeness (QED) is 0.601. The average molecular weight is 414 g/mol. The summed E-state index contributed by atoms with van der Waals surface area (Å²) in [6.07, 6.45) is 13.4. The molecule has 164 valence electrons. The number of ether oxygens (including phenoxy) is 1. The molecule has 1 N–H and O–H groups in total. The third-order valence-electron chi connectivity index (χ3n) is 9.51. The number of nitrogens with zero attached hydrogens (tertiary/aromatic N) is 3. The number of hydrogen-bond acceptors (Lipinski definition) is 5. The lowest BCUT2D eigenvalue weighted by molar-refractivity contribution is -0.141. The highest BCUT2D eigenvalue weighted by Gasteiger charge is 2.59. The average Bonchev–Trinajstić information content (AvgIpc) is 3.31. The minimum absolute atomic E-state index is 0.124. The second-order valence-electron chi connectivity index (χ2n) is 10.7. The second-order valence-corrected chi connectivity index (χ2v) is 10.7. The molecule has 3 unspecified atom stereocenters. The number of rotatable bonds is 3. The van der Waals surface area contributed by atoms with E-state index in [2.05, 4.69) is 30.2 Å². The van der Waals surface area contributed by atoms with Gasteiger partial charge in [0.25, 0.3) is 0 Å². The number of allylic oxidation sites excluding steroid dienone is 1. The van der Waals surface area contributed by atoms with E-state index in [1.807, 2.05) is 6.20 Å². The van der Waals surface area contributed by atoms with Gasteiger partial charge in [-0.05, 0) is 80.0 Å². The number of esters is 1. The van der Waals surface area contributed by atoms with E-state index in [1.165, 1.54) is 38.4 Å². The van der Waals surface area contributed by atoms with Gasteiger partial charge in [-0.15, -0.1) is 5.10 Å². The highest BCUT2D eigenvalue weighted by atomic mass is 16.5. The topological polar surface area (TPSA) is 77.2 Å². The van der Waals surface area contributed by atoms with Gasteiger partial charge < -0.3 is 9.84 Å². The largest absolute Gasteiger partial charge is 0.468 e. The summed E-state index contributed by atoms with van der Waals surface area (Å²) >= 11 is 0. The Morgan fingerprint density at radius 3 is 2.87 bits per heavy atom. The van der Waals surface area contributed by atoms with Gasteiger partial charge in [-0.3, -0.25) is 4.79 Å². The molecular formula is C24H35N3O3. The standard InChI is InChI=1S/C24H35N3O3/c1-23-10-8-16(28)12-15(23)4-5-17-18-6-7-20(24(18,2)11-9-19(17)23)21-13-27(26-25-21)14-22(29)30-3/h4,13,16-20,28H,5-12,14H2,1-3H3/t16-,17?,18?,19?,20+,23-,24-/m0/s1. The fourth-order valence-electron chi connectivity index (χ4n) is 7.87. The number of aliphatic hydroxyl groups is 1. The van der Waals surface area contributed by atoms with E-state index in [0.717, 1.165) is 43.2 Å². The van der Waals surface area contributed by atoms with Gasteiger partial charge in [0.2, 0.25) is 0 Å². The van der Waals surface area contributed by atoms with E-state index < -0.39 is 0 Å². The predicted molar refractivity (Wildman–Crippen MR) is 112 cm³/mol. The van der Waals surface area contributed by atoms with Gasteiger partial charge in [0.1, 0.15) is 6.54 Å². The number of carbonyl (C=O) groups is 1. The Morgan fingerprint density at radius 2 is 2.07 bits per heavy atom. The summed E-state index contributed by atoms with van der Waals surface area (Å²) in [5.41, 5.74) is 3.11. The van der Waals surface area contributed by atoms with Crippen LogP contribution in [0.5, 0.6) is 0 Å². The zero-order valence-corrected chi connectivity index (χ0v) is 18.5.